The Morgan fingerprint density at radius 3 is 2.43 bits per heavy atom. The fourth-order valence-electron chi connectivity index (χ4n) is 1.78. The number of benzene rings is 2. The number of thiocarbonyl (C=S) groups is 1. The first-order chi connectivity index (χ1) is 9.95. The van der Waals surface area contributed by atoms with E-state index in [-0.39, 0.29) is 28.7 Å². The maximum absolute atomic E-state index is 13.4. The summed E-state index contributed by atoms with van der Waals surface area (Å²) in [6.45, 7) is 0. The van der Waals surface area contributed by atoms with E-state index >= 15 is 0 Å². The number of carbonyl (C=O) groups is 1. The van der Waals surface area contributed by atoms with Gasteiger partial charge in [-0.15, -0.1) is 0 Å². The van der Waals surface area contributed by atoms with Crippen LogP contribution in [0.2, 0.25) is 0 Å². The summed E-state index contributed by atoms with van der Waals surface area (Å²) in [5, 5.41) is 2.61. The molecule has 0 unspecified atom stereocenters. The van der Waals surface area contributed by atoms with Gasteiger partial charge in [0, 0.05) is 11.3 Å². The van der Waals surface area contributed by atoms with E-state index in [0.717, 1.165) is 0 Å². The van der Waals surface area contributed by atoms with Gasteiger partial charge >= 0.3 is 0 Å². The highest BCUT2D eigenvalue weighted by Gasteiger charge is 2.09. The highest BCUT2D eigenvalue weighted by molar-refractivity contribution is 7.80. The van der Waals surface area contributed by atoms with Gasteiger partial charge in [-0.2, -0.15) is 0 Å². The molecule has 0 aliphatic carbocycles. The van der Waals surface area contributed by atoms with Gasteiger partial charge in [0.2, 0.25) is 5.91 Å². The lowest BCUT2D eigenvalue weighted by atomic mass is 10.1. The topological polar surface area (TPSA) is 55.1 Å². The highest BCUT2D eigenvalue weighted by Crippen LogP contribution is 2.15. The lowest BCUT2D eigenvalue weighted by molar-refractivity contribution is -0.115. The number of halogens is 2. The first-order valence-corrected chi connectivity index (χ1v) is 6.50. The number of amides is 1. The number of nitrogens with two attached hydrogens (primary N) is 1. The van der Waals surface area contributed by atoms with E-state index in [9.17, 15) is 13.6 Å². The molecule has 0 saturated carbocycles. The molecule has 0 atom stereocenters. The Morgan fingerprint density at radius 2 is 1.81 bits per heavy atom. The molecule has 0 heterocycles. The second kappa shape index (κ2) is 6.41. The van der Waals surface area contributed by atoms with Crippen molar-refractivity contribution >= 4 is 28.8 Å². The Morgan fingerprint density at radius 1 is 1.14 bits per heavy atom. The van der Waals surface area contributed by atoms with Gasteiger partial charge in [0.05, 0.1) is 6.42 Å². The summed E-state index contributed by atoms with van der Waals surface area (Å²) in [5.74, 6) is -1.21. The molecule has 2 rings (SSSR count). The van der Waals surface area contributed by atoms with Crippen LogP contribution in [0.4, 0.5) is 14.5 Å². The van der Waals surface area contributed by atoms with Crippen molar-refractivity contribution in [2.45, 2.75) is 6.42 Å². The molecule has 0 fully saturated rings. The van der Waals surface area contributed by atoms with Crippen LogP contribution in [0.15, 0.2) is 42.5 Å². The van der Waals surface area contributed by atoms with Crippen molar-refractivity contribution in [1.82, 2.24) is 0 Å². The average molecular weight is 306 g/mol. The van der Waals surface area contributed by atoms with E-state index in [4.69, 9.17) is 18.0 Å². The lowest BCUT2D eigenvalue weighted by Crippen LogP contribution is -2.16. The van der Waals surface area contributed by atoms with Crippen molar-refractivity contribution in [3.63, 3.8) is 0 Å². The van der Waals surface area contributed by atoms with Crippen LogP contribution >= 0.6 is 12.2 Å². The van der Waals surface area contributed by atoms with Crippen molar-refractivity contribution in [2.24, 2.45) is 5.73 Å². The summed E-state index contributed by atoms with van der Waals surface area (Å²) in [7, 11) is 0. The predicted molar refractivity (Wildman–Crippen MR) is 81.0 cm³/mol. The summed E-state index contributed by atoms with van der Waals surface area (Å²) in [6.07, 6.45) is 0.0834. The minimum Gasteiger partial charge on any atom is -0.389 e. The first-order valence-electron chi connectivity index (χ1n) is 6.09. The summed E-state index contributed by atoms with van der Waals surface area (Å²) < 4.78 is 26.2. The third-order valence-electron chi connectivity index (χ3n) is 2.79. The van der Waals surface area contributed by atoms with Crippen LogP contribution in [0.5, 0.6) is 0 Å². The average Bonchev–Trinajstić information content (AvgIpc) is 2.43. The van der Waals surface area contributed by atoms with Gasteiger partial charge in [-0.05, 0) is 35.9 Å². The van der Waals surface area contributed by atoms with Crippen molar-refractivity contribution in [2.75, 3.05) is 5.32 Å². The van der Waals surface area contributed by atoms with Crippen molar-refractivity contribution in [3.8, 4) is 0 Å². The first kappa shape index (κ1) is 15.1. The molecule has 2 aromatic carbocycles. The Labute approximate surface area is 125 Å². The molecule has 0 aliphatic heterocycles. The molecule has 6 heteroatoms. The van der Waals surface area contributed by atoms with Gasteiger partial charge < -0.3 is 11.1 Å². The second-order valence-electron chi connectivity index (χ2n) is 4.41. The molecular formula is C15H12F2N2OS. The summed E-state index contributed by atoms with van der Waals surface area (Å²) in [6, 6.07) is 9.60. The minimum absolute atomic E-state index is 0.0737. The van der Waals surface area contributed by atoms with Gasteiger partial charge in [-0.3, -0.25) is 4.79 Å². The molecular weight excluding hydrogens is 294 g/mol. The molecule has 3 nitrogen and oxygen atoms in total. The molecule has 1 amide bonds. The maximum Gasteiger partial charge on any atom is 0.228 e. The van der Waals surface area contributed by atoms with E-state index in [1.165, 1.54) is 42.5 Å². The molecule has 0 aromatic heterocycles. The number of carbonyl (C=O) groups excluding carboxylic acids is 1. The summed E-state index contributed by atoms with van der Waals surface area (Å²) in [5.41, 5.74) is 6.54. The Bertz CT molecular complexity index is 687. The molecule has 0 saturated heterocycles. The van der Waals surface area contributed by atoms with E-state index in [2.05, 4.69) is 5.32 Å². The smallest absolute Gasteiger partial charge is 0.228 e. The van der Waals surface area contributed by atoms with Gasteiger partial charge in [0.1, 0.15) is 16.6 Å². The van der Waals surface area contributed by atoms with Gasteiger partial charge in [0.25, 0.3) is 0 Å². The Balaban J connectivity index is 2.07. The zero-order valence-electron chi connectivity index (χ0n) is 10.9. The molecule has 3 N–H and O–H groups in total. The zero-order valence-corrected chi connectivity index (χ0v) is 11.7. The maximum atomic E-state index is 13.4. The molecule has 0 aliphatic rings. The van der Waals surface area contributed by atoms with Crippen LogP contribution in [-0.2, 0) is 11.2 Å². The molecule has 0 spiro atoms. The van der Waals surface area contributed by atoms with E-state index in [0.29, 0.717) is 11.3 Å². The van der Waals surface area contributed by atoms with Crippen molar-refractivity contribution in [1.29, 1.82) is 0 Å². The molecule has 21 heavy (non-hydrogen) atoms. The monoisotopic (exact) mass is 306 g/mol. The largest absolute Gasteiger partial charge is 0.389 e. The number of hydrogen-bond acceptors (Lipinski definition) is 2. The van der Waals surface area contributed by atoms with E-state index in [1.807, 2.05) is 0 Å². The number of rotatable bonds is 4. The van der Waals surface area contributed by atoms with Crippen LogP contribution in [0.1, 0.15) is 11.1 Å². The van der Waals surface area contributed by atoms with Crippen LogP contribution in [0, 0.1) is 11.6 Å². The molecule has 108 valence electrons. The third-order valence-corrected chi connectivity index (χ3v) is 3.01. The minimum atomic E-state index is -0.543. The van der Waals surface area contributed by atoms with Gasteiger partial charge in [0.15, 0.2) is 0 Å². The second-order valence-corrected chi connectivity index (χ2v) is 4.85. The predicted octanol–water partition coefficient (Wildman–Crippen LogP) is 2.78. The lowest BCUT2D eigenvalue weighted by Gasteiger charge is -2.08. The summed E-state index contributed by atoms with van der Waals surface area (Å²) >= 11 is 4.73. The fraction of sp³-hybridized carbons (Fsp3) is 0.0667. The third kappa shape index (κ3) is 4.06. The number of hydrogen-bond donors (Lipinski definition) is 2. The SMILES string of the molecule is NC(=S)c1cc(NC(=O)Cc2ccc(F)cc2)ccc1F. The van der Waals surface area contributed by atoms with Crippen molar-refractivity contribution < 1.29 is 13.6 Å². The van der Waals surface area contributed by atoms with Crippen LogP contribution < -0.4 is 11.1 Å². The van der Waals surface area contributed by atoms with Crippen molar-refractivity contribution in [3.05, 3.63) is 65.2 Å². The standard InChI is InChI=1S/C15H12F2N2OS/c16-10-3-1-9(2-4-10)7-14(20)19-11-5-6-13(17)12(8-11)15(18)21/h1-6,8H,7H2,(H2,18,21)(H,19,20). The van der Waals surface area contributed by atoms with Crippen LogP contribution in [-0.4, -0.2) is 10.9 Å². The molecule has 0 radical (unpaired) electrons. The van der Waals surface area contributed by atoms with E-state index in [1.54, 1.807) is 0 Å². The Hall–Kier alpha value is -2.34. The van der Waals surface area contributed by atoms with Crippen LogP contribution in [0.25, 0.3) is 0 Å². The highest BCUT2D eigenvalue weighted by atomic mass is 32.1. The zero-order chi connectivity index (χ0) is 15.4. The normalized spacial score (nSPS) is 10.2. The van der Waals surface area contributed by atoms with Gasteiger partial charge in [-0.25, -0.2) is 8.78 Å². The van der Waals surface area contributed by atoms with Crippen LogP contribution in [0.3, 0.4) is 0 Å². The van der Waals surface area contributed by atoms with E-state index < -0.39 is 5.82 Å². The molecule has 0 bridgehead atoms. The Kier molecular flexibility index (Phi) is 4.59. The summed E-state index contributed by atoms with van der Waals surface area (Å²) in [4.78, 5) is 11.8. The fourth-order valence-corrected chi connectivity index (χ4v) is 1.94. The molecule has 2 aromatic rings. The number of nitrogens with one attached hydrogen (secondary N) is 1. The quantitative estimate of drug-likeness (QED) is 0.854. The van der Waals surface area contributed by atoms with Gasteiger partial charge in [-0.1, -0.05) is 24.4 Å². The number of anilines is 1.